The van der Waals surface area contributed by atoms with Crippen molar-refractivity contribution < 1.29 is 13.2 Å². The van der Waals surface area contributed by atoms with Crippen LogP contribution < -0.4 is 5.43 Å². The summed E-state index contributed by atoms with van der Waals surface area (Å²) < 4.78 is 35.5. The Hall–Kier alpha value is -0.330. The number of nitrogens with one attached hydrogen (secondary N) is 1. The van der Waals surface area contributed by atoms with Crippen molar-refractivity contribution in [1.29, 1.82) is 0 Å². The van der Waals surface area contributed by atoms with Gasteiger partial charge in [0.25, 0.3) is 0 Å². The molecule has 1 aliphatic heterocycles. The number of halogens is 3. The Morgan fingerprint density at radius 1 is 1.13 bits per heavy atom. The van der Waals surface area contributed by atoms with Gasteiger partial charge in [-0.2, -0.15) is 13.2 Å². The second kappa shape index (κ2) is 5.67. The summed E-state index contributed by atoms with van der Waals surface area (Å²) in [6, 6.07) is 0. The van der Waals surface area contributed by atoms with Crippen molar-refractivity contribution in [3.05, 3.63) is 0 Å². The number of hydrazine groups is 1. The number of hydrogen-bond acceptors (Lipinski definition) is 3. The normalized spacial score (nSPS) is 20.8. The summed E-state index contributed by atoms with van der Waals surface area (Å²) in [5.41, 5.74) is 3.02. The van der Waals surface area contributed by atoms with Crippen molar-refractivity contribution in [3.8, 4) is 0 Å². The molecule has 0 bridgehead atoms. The Balaban J connectivity index is 2.01. The van der Waals surface area contributed by atoms with E-state index in [4.69, 9.17) is 0 Å². The molecule has 3 nitrogen and oxygen atoms in total. The number of rotatable bonds is 4. The van der Waals surface area contributed by atoms with Crippen LogP contribution in [0.4, 0.5) is 13.2 Å². The molecule has 1 saturated heterocycles. The zero-order chi connectivity index (χ0) is 11.3. The standard InChI is InChI=1S/C9H18F3N3/c1-14-5-7-15(8-6-14)13-4-2-3-9(10,11)12/h13H,2-8H2,1H3. The highest BCUT2D eigenvalue weighted by Gasteiger charge is 2.26. The van der Waals surface area contributed by atoms with Crippen LogP contribution in [0.2, 0.25) is 0 Å². The van der Waals surface area contributed by atoms with Crippen molar-refractivity contribution in [3.63, 3.8) is 0 Å². The highest BCUT2D eigenvalue weighted by Crippen LogP contribution is 2.20. The van der Waals surface area contributed by atoms with E-state index < -0.39 is 12.6 Å². The van der Waals surface area contributed by atoms with Gasteiger partial charge < -0.3 is 4.90 Å². The van der Waals surface area contributed by atoms with Gasteiger partial charge in [-0.1, -0.05) is 0 Å². The molecule has 1 aliphatic rings. The van der Waals surface area contributed by atoms with Crippen molar-refractivity contribution in [2.24, 2.45) is 0 Å². The van der Waals surface area contributed by atoms with Crippen molar-refractivity contribution >= 4 is 0 Å². The SMILES string of the molecule is CN1CCN(NCCCC(F)(F)F)CC1. The van der Waals surface area contributed by atoms with Crippen LogP contribution in [0.25, 0.3) is 0 Å². The molecule has 1 rings (SSSR count). The molecule has 0 saturated carbocycles. The lowest BCUT2D eigenvalue weighted by molar-refractivity contribution is -0.135. The first-order valence-electron chi connectivity index (χ1n) is 5.21. The molecule has 0 aromatic carbocycles. The monoisotopic (exact) mass is 225 g/mol. The van der Waals surface area contributed by atoms with Gasteiger partial charge in [-0.05, 0) is 13.5 Å². The van der Waals surface area contributed by atoms with E-state index in [2.05, 4.69) is 10.3 Å². The van der Waals surface area contributed by atoms with Crippen LogP contribution in [-0.2, 0) is 0 Å². The van der Waals surface area contributed by atoms with Gasteiger partial charge in [0.15, 0.2) is 0 Å². The van der Waals surface area contributed by atoms with E-state index in [-0.39, 0.29) is 6.42 Å². The predicted octanol–water partition coefficient (Wildman–Crippen LogP) is 1.08. The minimum atomic E-state index is -4.02. The van der Waals surface area contributed by atoms with E-state index in [0.717, 1.165) is 26.2 Å². The summed E-state index contributed by atoms with van der Waals surface area (Å²) in [7, 11) is 2.04. The zero-order valence-corrected chi connectivity index (χ0v) is 8.98. The van der Waals surface area contributed by atoms with E-state index in [0.29, 0.717) is 6.54 Å². The van der Waals surface area contributed by atoms with Gasteiger partial charge in [0.1, 0.15) is 0 Å². The molecule has 0 aromatic rings. The zero-order valence-electron chi connectivity index (χ0n) is 8.98. The van der Waals surface area contributed by atoms with Gasteiger partial charge in [0.05, 0.1) is 0 Å². The van der Waals surface area contributed by atoms with E-state index in [1.54, 1.807) is 0 Å². The summed E-state index contributed by atoms with van der Waals surface area (Å²) >= 11 is 0. The van der Waals surface area contributed by atoms with Gasteiger partial charge in [-0.15, -0.1) is 0 Å². The van der Waals surface area contributed by atoms with Crippen molar-refractivity contribution in [2.45, 2.75) is 19.0 Å². The number of nitrogens with zero attached hydrogens (tertiary/aromatic N) is 2. The quantitative estimate of drug-likeness (QED) is 0.722. The van der Waals surface area contributed by atoms with Gasteiger partial charge in [0, 0.05) is 39.1 Å². The average molecular weight is 225 g/mol. The summed E-state index contributed by atoms with van der Waals surface area (Å²) in [5.74, 6) is 0. The van der Waals surface area contributed by atoms with Crippen LogP contribution >= 0.6 is 0 Å². The first-order chi connectivity index (χ1) is 6.97. The molecule has 90 valence electrons. The Labute approximate surface area is 88.2 Å². The third kappa shape index (κ3) is 5.96. The maximum absolute atomic E-state index is 11.8. The maximum Gasteiger partial charge on any atom is 0.389 e. The minimum Gasteiger partial charge on any atom is -0.304 e. The summed E-state index contributed by atoms with van der Waals surface area (Å²) in [6.45, 7) is 4.09. The lowest BCUT2D eigenvalue weighted by atomic mass is 10.3. The number of alkyl halides is 3. The topological polar surface area (TPSA) is 18.5 Å². The molecular weight excluding hydrogens is 207 g/mol. The fourth-order valence-electron chi connectivity index (χ4n) is 1.49. The largest absolute Gasteiger partial charge is 0.389 e. The molecule has 1 heterocycles. The second-order valence-corrected chi connectivity index (χ2v) is 3.92. The van der Waals surface area contributed by atoms with Crippen LogP contribution in [0.1, 0.15) is 12.8 Å². The smallest absolute Gasteiger partial charge is 0.304 e. The molecule has 1 fully saturated rings. The third-order valence-corrected chi connectivity index (χ3v) is 2.48. The molecule has 0 aliphatic carbocycles. The highest BCUT2D eigenvalue weighted by atomic mass is 19.4. The van der Waals surface area contributed by atoms with Gasteiger partial charge in [-0.3, -0.25) is 5.43 Å². The molecule has 6 heteroatoms. The average Bonchev–Trinajstić information content (AvgIpc) is 2.14. The number of piperazine rings is 1. The lowest BCUT2D eigenvalue weighted by Crippen LogP contribution is -2.50. The molecular formula is C9H18F3N3. The summed E-state index contributed by atoms with van der Waals surface area (Å²) in [6.07, 6.45) is -4.58. The first-order valence-corrected chi connectivity index (χ1v) is 5.21. The molecule has 0 amide bonds. The van der Waals surface area contributed by atoms with Crippen LogP contribution in [0.15, 0.2) is 0 Å². The second-order valence-electron chi connectivity index (χ2n) is 3.92. The van der Waals surface area contributed by atoms with Gasteiger partial charge in [0.2, 0.25) is 0 Å². The minimum absolute atomic E-state index is 0.149. The number of hydrogen-bond donors (Lipinski definition) is 1. The van der Waals surface area contributed by atoms with E-state index in [1.807, 2.05) is 12.1 Å². The molecule has 1 N–H and O–H groups in total. The predicted molar refractivity (Wildman–Crippen MR) is 52.4 cm³/mol. The molecule has 0 radical (unpaired) electrons. The molecule has 0 spiro atoms. The Kier molecular flexibility index (Phi) is 4.82. The number of likely N-dealkylation sites (N-methyl/N-ethyl adjacent to an activating group) is 1. The first kappa shape index (κ1) is 12.7. The third-order valence-electron chi connectivity index (χ3n) is 2.48. The fraction of sp³-hybridized carbons (Fsp3) is 1.00. The van der Waals surface area contributed by atoms with Crippen LogP contribution in [0.3, 0.4) is 0 Å². The van der Waals surface area contributed by atoms with Crippen molar-refractivity contribution in [2.75, 3.05) is 39.8 Å². The summed E-state index contributed by atoms with van der Waals surface area (Å²) in [4.78, 5) is 2.20. The van der Waals surface area contributed by atoms with Crippen molar-refractivity contribution in [1.82, 2.24) is 15.3 Å². The lowest BCUT2D eigenvalue weighted by Gasteiger charge is -2.32. The maximum atomic E-state index is 11.8. The van der Waals surface area contributed by atoms with Crippen LogP contribution in [0, 0.1) is 0 Å². The fourth-order valence-corrected chi connectivity index (χ4v) is 1.49. The molecule has 15 heavy (non-hydrogen) atoms. The highest BCUT2D eigenvalue weighted by molar-refractivity contribution is 4.66. The van der Waals surface area contributed by atoms with E-state index >= 15 is 0 Å². The molecule has 0 unspecified atom stereocenters. The van der Waals surface area contributed by atoms with Gasteiger partial charge in [-0.25, -0.2) is 5.01 Å². The Bertz CT molecular complexity index is 176. The summed E-state index contributed by atoms with van der Waals surface area (Å²) in [5, 5.41) is 2.00. The Morgan fingerprint density at radius 3 is 2.27 bits per heavy atom. The van der Waals surface area contributed by atoms with Crippen LogP contribution in [0.5, 0.6) is 0 Å². The van der Waals surface area contributed by atoms with Crippen LogP contribution in [-0.4, -0.2) is 55.9 Å². The van der Waals surface area contributed by atoms with E-state index in [1.165, 1.54) is 0 Å². The Morgan fingerprint density at radius 2 is 1.73 bits per heavy atom. The van der Waals surface area contributed by atoms with E-state index in [9.17, 15) is 13.2 Å². The molecule has 0 atom stereocenters. The molecule has 0 aromatic heterocycles. The van der Waals surface area contributed by atoms with Gasteiger partial charge >= 0.3 is 6.18 Å².